The highest BCUT2D eigenvalue weighted by Crippen LogP contribution is 2.21. The Balaban J connectivity index is 0.000000310. The second-order valence-corrected chi connectivity index (χ2v) is 4.46. The summed E-state index contributed by atoms with van der Waals surface area (Å²) < 4.78 is 0.847. The molecular formula is C8H7BrO2S2. The molecule has 0 spiro atoms. The predicted octanol–water partition coefficient (Wildman–Crippen LogP) is 3.11. The summed E-state index contributed by atoms with van der Waals surface area (Å²) in [6.45, 7) is 1.74. The Morgan fingerprint density at radius 2 is 2.23 bits per heavy atom. The first-order valence-electron chi connectivity index (χ1n) is 3.16. The SMILES string of the molecule is CC#CS.O=C(O)c1ccc(Br)s1. The molecule has 0 bridgehead atoms. The van der Waals surface area contributed by atoms with Crippen molar-refractivity contribution in [2.24, 2.45) is 0 Å². The van der Waals surface area contributed by atoms with E-state index < -0.39 is 5.97 Å². The minimum atomic E-state index is -0.870. The van der Waals surface area contributed by atoms with Crippen LogP contribution in [0.1, 0.15) is 16.6 Å². The van der Waals surface area contributed by atoms with Crippen LogP contribution in [0.25, 0.3) is 0 Å². The highest BCUT2D eigenvalue weighted by atomic mass is 79.9. The number of rotatable bonds is 1. The van der Waals surface area contributed by atoms with Crippen molar-refractivity contribution < 1.29 is 9.90 Å². The smallest absolute Gasteiger partial charge is 0.345 e. The summed E-state index contributed by atoms with van der Waals surface area (Å²) >= 11 is 7.93. The highest BCUT2D eigenvalue weighted by Gasteiger charge is 2.03. The molecule has 1 heterocycles. The van der Waals surface area contributed by atoms with Crippen LogP contribution < -0.4 is 0 Å². The lowest BCUT2D eigenvalue weighted by Crippen LogP contribution is -1.89. The first-order chi connectivity index (χ1) is 6.11. The van der Waals surface area contributed by atoms with Crippen LogP contribution in [0.15, 0.2) is 15.9 Å². The second kappa shape index (κ2) is 7.01. The number of hydrogen-bond donors (Lipinski definition) is 2. The fourth-order valence-electron chi connectivity index (χ4n) is 0.429. The summed E-state index contributed by atoms with van der Waals surface area (Å²) in [4.78, 5) is 10.6. The van der Waals surface area contributed by atoms with Crippen molar-refractivity contribution in [3.05, 3.63) is 20.8 Å². The first kappa shape index (κ1) is 12.6. The van der Waals surface area contributed by atoms with E-state index in [2.05, 4.69) is 39.7 Å². The molecule has 0 unspecified atom stereocenters. The Morgan fingerprint density at radius 1 is 1.69 bits per heavy atom. The van der Waals surface area contributed by atoms with Crippen LogP contribution in [0.2, 0.25) is 0 Å². The van der Waals surface area contributed by atoms with Crippen molar-refractivity contribution >= 4 is 45.9 Å². The number of thiophene rings is 1. The van der Waals surface area contributed by atoms with Crippen LogP contribution in [-0.2, 0) is 0 Å². The zero-order valence-corrected chi connectivity index (χ0v) is 10.0. The molecule has 1 N–H and O–H groups in total. The lowest BCUT2D eigenvalue weighted by Gasteiger charge is -1.79. The van der Waals surface area contributed by atoms with Gasteiger partial charge in [-0.05, 0) is 40.2 Å². The maximum atomic E-state index is 10.2. The standard InChI is InChI=1S/C5H3BrO2S.C3H4S/c6-4-2-1-3(9-4)5(7)8;1-2-3-4/h1-2H,(H,7,8);4H,1H3. The number of carbonyl (C=O) groups is 1. The molecular weight excluding hydrogens is 272 g/mol. The van der Waals surface area contributed by atoms with E-state index in [9.17, 15) is 4.79 Å². The summed E-state index contributed by atoms with van der Waals surface area (Å²) in [5.41, 5.74) is 0. The molecule has 1 rings (SSSR count). The van der Waals surface area contributed by atoms with E-state index in [-0.39, 0.29) is 0 Å². The molecule has 0 aliphatic rings. The molecule has 2 nitrogen and oxygen atoms in total. The van der Waals surface area contributed by atoms with E-state index >= 15 is 0 Å². The van der Waals surface area contributed by atoms with Gasteiger partial charge in [-0.25, -0.2) is 4.79 Å². The van der Waals surface area contributed by atoms with Gasteiger partial charge in [-0.2, -0.15) is 0 Å². The van der Waals surface area contributed by atoms with Crippen LogP contribution >= 0.6 is 39.9 Å². The summed E-state index contributed by atoms with van der Waals surface area (Å²) in [5, 5.41) is 10.8. The Morgan fingerprint density at radius 3 is 2.38 bits per heavy atom. The molecule has 0 aliphatic heterocycles. The lowest BCUT2D eigenvalue weighted by atomic mass is 10.5. The molecule has 70 valence electrons. The maximum Gasteiger partial charge on any atom is 0.345 e. The van der Waals surface area contributed by atoms with Crippen molar-refractivity contribution in [1.29, 1.82) is 0 Å². The van der Waals surface area contributed by atoms with Gasteiger partial charge in [0.05, 0.1) is 3.79 Å². The van der Waals surface area contributed by atoms with Gasteiger partial charge >= 0.3 is 5.97 Å². The minimum absolute atomic E-state index is 0.363. The van der Waals surface area contributed by atoms with Crippen molar-refractivity contribution in [2.75, 3.05) is 0 Å². The van der Waals surface area contributed by atoms with Gasteiger partial charge in [0.2, 0.25) is 0 Å². The molecule has 1 aromatic heterocycles. The normalized spacial score (nSPS) is 7.62. The van der Waals surface area contributed by atoms with Gasteiger partial charge in [0.15, 0.2) is 0 Å². The average molecular weight is 279 g/mol. The molecule has 0 atom stereocenters. The number of hydrogen-bond acceptors (Lipinski definition) is 3. The van der Waals surface area contributed by atoms with Gasteiger partial charge < -0.3 is 5.11 Å². The summed E-state index contributed by atoms with van der Waals surface area (Å²) in [5.74, 6) is 1.68. The number of halogens is 1. The molecule has 0 aliphatic carbocycles. The number of carboxylic acid groups (broad SMARTS) is 1. The largest absolute Gasteiger partial charge is 0.477 e. The molecule has 1 aromatic rings. The Kier molecular flexibility index (Phi) is 6.77. The lowest BCUT2D eigenvalue weighted by molar-refractivity contribution is 0.0702. The number of carboxylic acids is 1. The fourth-order valence-corrected chi connectivity index (χ4v) is 1.65. The topological polar surface area (TPSA) is 37.3 Å². The van der Waals surface area contributed by atoms with Gasteiger partial charge in [-0.1, -0.05) is 18.5 Å². The quantitative estimate of drug-likeness (QED) is 0.612. The minimum Gasteiger partial charge on any atom is -0.477 e. The maximum absolute atomic E-state index is 10.2. The highest BCUT2D eigenvalue weighted by molar-refractivity contribution is 9.11. The van der Waals surface area contributed by atoms with Crippen LogP contribution in [-0.4, -0.2) is 11.1 Å². The third-order valence-electron chi connectivity index (χ3n) is 0.896. The number of thiol groups is 1. The Hall–Kier alpha value is -0.440. The molecule has 0 saturated heterocycles. The molecule has 0 aromatic carbocycles. The van der Waals surface area contributed by atoms with Gasteiger partial charge in [0.1, 0.15) is 4.88 Å². The Labute approximate surface area is 94.5 Å². The van der Waals surface area contributed by atoms with Crippen molar-refractivity contribution in [3.63, 3.8) is 0 Å². The van der Waals surface area contributed by atoms with Gasteiger partial charge in [-0.15, -0.1) is 11.3 Å². The zero-order chi connectivity index (χ0) is 10.3. The monoisotopic (exact) mass is 278 g/mol. The zero-order valence-electron chi connectivity index (χ0n) is 6.74. The number of aromatic carboxylic acids is 1. The summed E-state index contributed by atoms with van der Waals surface area (Å²) in [6.07, 6.45) is 0. The van der Waals surface area contributed by atoms with Crippen LogP contribution in [0.4, 0.5) is 0 Å². The van der Waals surface area contributed by atoms with Gasteiger partial charge in [0, 0.05) is 0 Å². The summed E-state index contributed by atoms with van der Waals surface area (Å²) in [7, 11) is 0. The third-order valence-corrected chi connectivity index (χ3v) is 2.73. The molecule has 5 heteroatoms. The molecule has 0 amide bonds. The Bertz CT molecular complexity index is 329. The van der Waals surface area contributed by atoms with E-state index in [0.29, 0.717) is 4.88 Å². The van der Waals surface area contributed by atoms with Crippen molar-refractivity contribution in [2.45, 2.75) is 6.92 Å². The first-order valence-corrected chi connectivity index (χ1v) is 5.22. The van der Waals surface area contributed by atoms with E-state index in [0.717, 1.165) is 3.79 Å². The molecule has 0 radical (unpaired) electrons. The molecule has 13 heavy (non-hydrogen) atoms. The fraction of sp³-hybridized carbons (Fsp3) is 0.125. The molecule has 0 saturated carbocycles. The van der Waals surface area contributed by atoms with Gasteiger partial charge in [-0.3, -0.25) is 0 Å². The second-order valence-electron chi connectivity index (χ2n) is 1.77. The van der Waals surface area contributed by atoms with Crippen LogP contribution in [0.3, 0.4) is 0 Å². The van der Waals surface area contributed by atoms with Gasteiger partial charge in [0.25, 0.3) is 0 Å². The van der Waals surface area contributed by atoms with E-state index in [1.807, 2.05) is 0 Å². The van der Waals surface area contributed by atoms with Crippen LogP contribution in [0, 0.1) is 11.2 Å². The predicted molar refractivity (Wildman–Crippen MR) is 61.4 cm³/mol. The van der Waals surface area contributed by atoms with E-state index in [4.69, 9.17) is 5.11 Å². The van der Waals surface area contributed by atoms with E-state index in [1.54, 1.807) is 19.1 Å². The average Bonchev–Trinajstić information content (AvgIpc) is 2.52. The van der Waals surface area contributed by atoms with Crippen molar-refractivity contribution in [1.82, 2.24) is 0 Å². The van der Waals surface area contributed by atoms with Crippen LogP contribution in [0.5, 0.6) is 0 Å². The van der Waals surface area contributed by atoms with E-state index in [1.165, 1.54) is 11.3 Å². The van der Waals surface area contributed by atoms with Crippen molar-refractivity contribution in [3.8, 4) is 11.2 Å². The third kappa shape index (κ3) is 5.75. The molecule has 0 fully saturated rings. The summed E-state index contributed by atoms with van der Waals surface area (Å²) in [6, 6.07) is 3.28.